The molecule has 2 aliphatic rings. The highest BCUT2D eigenvalue weighted by atomic mass is 32.2. The number of hydrogen-bond donors (Lipinski definition) is 2. The van der Waals surface area contributed by atoms with Crippen LogP contribution in [-0.4, -0.2) is 66.2 Å². The third kappa shape index (κ3) is 8.82. The summed E-state index contributed by atoms with van der Waals surface area (Å²) in [5.74, 6) is 0.640. The van der Waals surface area contributed by atoms with Gasteiger partial charge in [-0.3, -0.25) is 9.69 Å². The Kier molecular flexibility index (Phi) is 11.9. The van der Waals surface area contributed by atoms with E-state index in [2.05, 4.69) is 16.3 Å². The van der Waals surface area contributed by atoms with Crippen LogP contribution in [0.25, 0.3) is 11.1 Å². The first-order valence-corrected chi connectivity index (χ1v) is 16.4. The average Bonchev–Trinajstić information content (AvgIpc) is 2.96. The number of amides is 1. The van der Waals surface area contributed by atoms with Crippen molar-refractivity contribution in [2.24, 2.45) is 11.8 Å². The van der Waals surface area contributed by atoms with Crippen LogP contribution in [0.15, 0.2) is 42.5 Å². The minimum absolute atomic E-state index is 0.341. The van der Waals surface area contributed by atoms with Crippen LogP contribution in [0.3, 0.4) is 0 Å². The first kappa shape index (κ1) is 30.6. The quantitative estimate of drug-likeness (QED) is 0.292. The number of rotatable bonds is 13. The Morgan fingerprint density at radius 2 is 1.77 bits per heavy atom. The number of carbonyl (C=O) groups is 2. The zero-order valence-electron chi connectivity index (χ0n) is 24.2. The maximum atomic E-state index is 13.4. The van der Waals surface area contributed by atoms with Crippen LogP contribution in [0, 0.1) is 18.8 Å². The van der Waals surface area contributed by atoms with Crippen molar-refractivity contribution in [1.29, 1.82) is 0 Å². The van der Waals surface area contributed by atoms with E-state index in [1.54, 1.807) is 11.8 Å². The molecule has 1 amide bonds. The van der Waals surface area contributed by atoms with Gasteiger partial charge in [0.2, 0.25) is 0 Å². The summed E-state index contributed by atoms with van der Waals surface area (Å²) >= 11 is 1.57. The Morgan fingerprint density at radius 1 is 1.02 bits per heavy atom. The molecule has 7 heteroatoms. The summed E-state index contributed by atoms with van der Waals surface area (Å²) in [4.78, 5) is 27.7. The van der Waals surface area contributed by atoms with Crippen LogP contribution in [0.5, 0.6) is 0 Å². The Morgan fingerprint density at radius 3 is 2.52 bits per heavy atom. The monoisotopic (exact) mass is 566 g/mol. The summed E-state index contributed by atoms with van der Waals surface area (Å²) < 4.78 is 6.20. The highest BCUT2D eigenvalue weighted by molar-refractivity contribution is 7.98. The average molecular weight is 567 g/mol. The van der Waals surface area contributed by atoms with Gasteiger partial charge in [0.15, 0.2) is 0 Å². The van der Waals surface area contributed by atoms with Gasteiger partial charge in [0.1, 0.15) is 6.04 Å². The molecule has 1 unspecified atom stereocenters. The molecule has 1 saturated heterocycles. The van der Waals surface area contributed by atoms with Gasteiger partial charge in [-0.25, -0.2) is 4.79 Å². The number of hydrogen-bond acceptors (Lipinski definition) is 5. The lowest BCUT2D eigenvalue weighted by molar-refractivity contribution is -0.139. The number of ether oxygens (including phenoxy) is 1. The molecule has 0 spiro atoms. The van der Waals surface area contributed by atoms with E-state index < -0.39 is 12.0 Å². The van der Waals surface area contributed by atoms with Crippen molar-refractivity contribution in [3.63, 3.8) is 0 Å². The number of piperidine rings is 1. The second-order valence-electron chi connectivity index (χ2n) is 11.6. The lowest BCUT2D eigenvalue weighted by Gasteiger charge is -2.33. The number of carbonyl (C=O) groups excluding carboxylic acids is 1. The van der Waals surface area contributed by atoms with Gasteiger partial charge in [-0.15, -0.1) is 0 Å². The van der Waals surface area contributed by atoms with E-state index in [4.69, 9.17) is 4.74 Å². The van der Waals surface area contributed by atoms with Crippen molar-refractivity contribution in [2.45, 2.75) is 70.9 Å². The lowest BCUT2D eigenvalue weighted by Crippen LogP contribution is -2.41. The molecule has 1 aliphatic heterocycles. The number of nitrogens with one attached hydrogen (secondary N) is 1. The number of carboxylic acids is 1. The summed E-state index contributed by atoms with van der Waals surface area (Å²) in [5.41, 5.74) is 4.61. The smallest absolute Gasteiger partial charge is 0.326 e. The Labute approximate surface area is 244 Å². The maximum Gasteiger partial charge on any atom is 0.326 e. The second-order valence-corrected chi connectivity index (χ2v) is 12.6. The molecule has 0 radical (unpaired) electrons. The topological polar surface area (TPSA) is 78.9 Å². The van der Waals surface area contributed by atoms with Crippen LogP contribution in [0.4, 0.5) is 0 Å². The van der Waals surface area contributed by atoms with Gasteiger partial charge in [-0.1, -0.05) is 49.6 Å². The van der Waals surface area contributed by atoms with Gasteiger partial charge >= 0.3 is 5.97 Å². The van der Waals surface area contributed by atoms with Gasteiger partial charge in [0.25, 0.3) is 5.91 Å². The van der Waals surface area contributed by atoms with E-state index in [1.165, 1.54) is 44.9 Å². The number of aliphatic carboxylic acids is 1. The van der Waals surface area contributed by atoms with Crippen molar-refractivity contribution in [3.05, 3.63) is 59.2 Å². The fraction of sp³-hybridized carbons (Fsp3) is 0.576. The molecule has 1 saturated carbocycles. The molecule has 0 aromatic heterocycles. The first-order chi connectivity index (χ1) is 19.4. The largest absolute Gasteiger partial charge is 0.480 e. The number of thioether (sulfide) groups is 1. The molecule has 1 aliphatic carbocycles. The maximum absolute atomic E-state index is 13.4. The molecule has 4 rings (SSSR count). The predicted octanol–water partition coefficient (Wildman–Crippen LogP) is 6.41. The second kappa shape index (κ2) is 15.6. The summed E-state index contributed by atoms with van der Waals surface area (Å²) in [6.07, 6.45) is 11.5. The minimum Gasteiger partial charge on any atom is -0.480 e. The molecule has 2 atom stereocenters. The van der Waals surface area contributed by atoms with E-state index in [0.717, 1.165) is 61.0 Å². The number of carboxylic acid groups (broad SMARTS) is 1. The Hall–Kier alpha value is -2.35. The van der Waals surface area contributed by atoms with Crippen LogP contribution < -0.4 is 5.32 Å². The Bertz CT molecular complexity index is 1120. The fourth-order valence-electron chi connectivity index (χ4n) is 6.16. The molecule has 40 heavy (non-hydrogen) atoms. The SMILES string of the molecule is CSCC[C@H](NC(=O)c1ccc(CN2CCCC(COCC3CCCCC3)C2)cc1-c1ccccc1C)C(=O)O. The first-order valence-electron chi connectivity index (χ1n) is 15.0. The molecule has 6 nitrogen and oxygen atoms in total. The van der Waals surface area contributed by atoms with Crippen molar-refractivity contribution < 1.29 is 19.4 Å². The highest BCUT2D eigenvalue weighted by Gasteiger charge is 2.24. The van der Waals surface area contributed by atoms with E-state index in [1.807, 2.05) is 49.6 Å². The lowest BCUT2D eigenvalue weighted by atomic mass is 9.90. The number of benzene rings is 2. The molecule has 0 bridgehead atoms. The van der Waals surface area contributed by atoms with Gasteiger partial charge < -0.3 is 15.2 Å². The van der Waals surface area contributed by atoms with Crippen LogP contribution in [0.2, 0.25) is 0 Å². The Balaban J connectivity index is 1.45. The molecule has 2 fully saturated rings. The standard InChI is InChI=1S/C33H46N2O4S/c1-24-9-6-7-13-28(24)30-19-26(14-15-29(30)32(36)34-31(33(37)38)16-18-40-2)20-35-17-8-12-27(21-35)23-39-22-25-10-4-3-5-11-25/h6-7,9,13-15,19,25,27,31H,3-5,8,10-12,16-18,20-23H2,1-2H3,(H,34,36)(H,37,38)/t27?,31-/m0/s1. The van der Waals surface area contributed by atoms with E-state index in [-0.39, 0.29) is 5.91 Å². The summed E-state index contributed by atoms with van der Waals surface area (Å²) in [6.45, 7) is 6.73. The molecular weight excluding hydrogens is 520 g/mol. The zero-order valence-corrected chi connectivity index (χ0v) is 25.0. The normalized spacial score (nSPS) is 19.3. The number of likely N-dealkylation sites (tertiary alicyclic amines) is 1. The van der Waals surface area contributed by atoms with E-state index in [9.17, 15) is 14.7 Å². The molecule has 2 aromatic carbocycles. The van der Waals surface area contributed by atoms with Crippen LogP contribution >= 0.6 is 11.8 Å². The zero-order chi connectivity index (χ0) is 28.3. The third-order valence-electron chi connectivity index (χ3n) is 8.42. The van der Waals surface area contributed by atoms with Crippen molar-refractivity contribution in [3.8, 4) is 11.1 Å². The van der Waals surface area contributed by atoms with E-state index >= 15 is 0 Å². The fourth-order valence-corrected chi connectivity index (χ4v) is 6.63. The van der Waals surface area contributed by atoms with Crippen molar-refractivity contribution in [1.82, 2.24) is 10.2 Å². The highest BCUT2D eigenvalue weighted by Crippen LogP contribution is 2.30. The summed E-state index contributed by atoms with van der Waals surface area (Å²) in [7, 11) is 0. The molecule has 1 heterocycles. The number of nitrogens with zero attached hydrogens (tertiary/aromatic N) is 1. The molecule has 2 N–H and O–H groups in total. The molecule has 2 aromatic rings. The van der Waals surface area contributed by atoms with E-state index in [0.29, 0.717) is 23.7 Å². The molecule has 218 valence electrons. The van der Waals surface area contributed by atoms with Gasteiger partial charge in [0.05, 0.1) is 6.61 Å². The minimum atomic E-state index is -1.00. The number of aryl methyl sites for hydroxylation is 1. The van der Waals surface area contributed by atoms with Crippen LogP contribution in [-0.2, 0) is 16.1 Å². The predicted molar refractivity (Wildman–Crippen MR) is 164 cm³/mol. The van der Waals surface area contributed by atoms with Crippen molar-refractivity contribution in [2.75, 3.05) is 38.3 Å². The van der Waals surface area contributed by atoms with Gasteiger partial charge in [-0.2, -0.15) is 11.8 Å². The molecular formula is C33H46N2O4S. The summed E-state index contributed by atoms with van der Waals surface area (Å²) in [6, 6.07) is 13.2. The van der Waals surface area contributed by atoms with Gasteiger partial charge in [-0.05, 0) is 104 Å². The summed E-state index contributed by atoms with van der Waals surface area (Å²) in [5, 5.41) is 12.4. The van der Waals surface area contributed by atoms with Crippen LogP contribution in [0.1, 0.15) is 72.9 Å². The van der Waals surface area contributed by atoms with Gasteiger partial charge in [0, 0.05) is 25.3 Å². The van der Waals surface area contributed by atoms with Crippen molar-refractivity contribution >= 4 is 23.6 Å². The third-order valence-corrected chi connectivity index (χ3v) is 9.06.